The molecular formula is C9H13N3. The van der Waals surface area contributed by atoms with Gasteiger partial charge in [-0.1, -0.05) is 0 Å². The largest absolute Gasteiger partial charge is 0.288 e. The molecule has 3 nitrogen and oxygen atoms in total. The van der Waals surface area contributed by atoms with E-state index in [1.807, 2.05) is 0 Å². The van der Waals surface area contributed by atoms with E-state index in [-0.39, 0.29) is 6.04 Å². The summed E-state index contributed by atoms with van der Waals surface area (Å²) in [7, 11) is 0. The molecule has 0 radical (unpaired) electrons. The summed E-state index contributed by atoms with van der Waals surface area (Å²) in [6, 6.07) is 4.51. The molecular weight excluding hydrogens is 150 g/mol. The van der Waals surface area contributed by atoms with Crippen LogP contribution in [0.25, 0.3) is 0 Å². The van der Waals surface area contributed by atoms with Crippen molar-refractivity contribution in [1.29, 1.82) is 10.5 Å². The SMILES string of the molecule is N#CCCCN1CCCC1C#N. The fourth-order valence-electron chi connectivity index (χ4n) is 1.60. The second-order valence-electron chi connectivity index (χ2n) is 3.08. The van der Waals surface area contributed by atoms with E-state index in [0.29, 0.717) is 6.42 Å². The van der Waals surface area contributed by atoms with Crippen molar-refractivity contribution in [2.45, 2.75) is 31.7 Å². The molecule has 0 N–H and O–H groups in total. The van der Waals surface area contributed by atoms with E-state index in [1.165, 1.54) is 0 Å². The minimum absolute atomic E-state index is 0.115. The van der Waals surface area contributed by atoms with Gasteiger partial charge in [0.05, 0.1) is 18.2 Å². The first-order valence-corrected chi connectivity index (χ1v) is 4.39. The van der Waals surface area contributed by atoms with Crippen LogP contribution < -0.4 is 0 Å². The lowest BCUT2D eigenvalue weighted by molar-refractivity contribution is 0.292. The number of likely N-dealkylation sites (tertiary alicyclic amines) is 1. The van der Waals surface area contributed by atoms with Crippen molar-refractivity contribution in [3.8, 4) is 12.1 Å². The van der Waals surface area contributed by atoms with E-state index >= 15 is 0 Å². The van der Waals surface area contributed by atoms with Crippen molar-refractivity contribution in [2.75, 3.05) is 13.1 Å². The number of hydrogen-bond donors (Lipinski definition) is 0. The normalized spacial score (nSPS) is 23.3. The Morgan fingerprint density at radius 1 is 1.42 bits per heavy atom. The Morgan fingerprint density at radius 2 is 2.25 bits per heavy atom. The molecule has 1 saturated heterocycles. The van der Waals surface area contributed by atoms with Crippen LogP contribution in [0.15, 0.2) is 0 Å². The molecule has 0 aromatic heterocycles. The molecule has 0 bridgehead atoms. The standard InChI is InChI=1S/C9H13N3/c10-5-1-2-6-12-7-3-4-9(12)8-11/h9H,1-4,6-7H2. The van der Waals surface area contributed by atoms with Gasteiger partial charge in [0.1, 0.15) is 0 Å². The molecule has 1 aliphatic rings. The third-order valence-corrected chi connectivity index (χ3v) is 2.25. The van der Waals surface area contributed by atoms with Gasteiger partial charge in [0.25, 0.3) is 0 Å². The lowest BCUT2D eigenvalue weighted by atomic mass is 10.2. The average Bonchev–Trinajstić information content (AvgIpc) is 2.52. The summed E-state index contributed by atoms with van der Waals surface area (Å²) < 4.78 is 0. The van der Waals surface area contributed by atoms with Crippen LogP contribution in [-0.2, 0) is 0 Å². The highest BCUT2D eigenvalue weighted by Crippen LogP contribution is 2.16. The molecule has 0 spiro atoms. The van der Waals surface area contributed by atoms with Crippen molar-refractivity contribution in [3.05, 3.63) is 0 Å². The van der Waals surface area contributed by atoms with Crippen LogP contribution in [0.3, 0.4) is 0 Å². The smallest absolute Gasteiger partial charge is 0.0978 e. The van der Waals surface area contributed by atoms with Gasteiger partial charge in [-0.05, 0) is 25.8 Å². The molecule has 1 rings (SSSR count). The highest BCUT2D eigenvalue weighted by Gasteiger charge is 2.22. The summed E-state index contributed by atoms with van der Waals surface area (Å²) in [4.78, 5) is 2.18. The highest BCUT2D eigenvalue weighted by atomic mass is 15.2. The minimum atomic E-state index is 0.115. The summed E-state index contributed by atoms with van der Waals surface area (Å²) in [5, 5.41) is 17.1. The zero-order valence-electron chi connectivity index (χ0n) is 7.16. The molecule has 1 aliphatic heterocycles. The molecule has 0 amide bonds. The third-order valence-electron chi connectivity index (χ3n) is 2.25. The van der Waals surface area contributed by atoms with Crippen molar-refractivity contribution >= 4 is 0 Å². The van der Waals surface area contributed by atoms with Gasteiger partial charge in [-0.3, -0.25) is 4.90 Å². The molecule has 3 heteroatoms. The second kappa shape index (κ2) is 4.74. The van der Waals surface area contributed by atoms with Crippen LogP contribution in [0.4, 0.5) is 0 Å². The molecule has 0 aliphatic carbocycles. The van der Waals surface area contributed by atoms with Crippen molar-refractivity contribution in [3.63, 3.8) is 0 Å². The van der Waals surface area contributed by atoms with Crippen LogP contribution in [0.1, 0.15) is 25.7 Å². The van der Waals surface area contributed by atoms with Crippen LogP contribution in [0, 0.1) is 22.7 Å². The predicted molar refractivity (Wildman–Crippen MR) is 45.1 cm³/mol. The number of rotatable bonds is 3. The maximum Gasteiger partial charge on any atom is 0.0978 e. The Labute approximate surface area is 73.2 Å². The molecule has 64 valence electrons. The number of nitrogens with zero attached hydrogens (tertiary/aromatic N) is 3. The summed E-state index contributed by atoms with van der Waals surface area (Å²) in [6.45, 7) is 1.94. The lowest BCUT2D eigenvalue weighted by Crippen LogP contribution is -2.28. The van der Waals surface area contributed by atoms with E-state index in [2.05, 4.69) is 17.0 Å². The number of nitriles is 2. The van der Waals surface area contributed by atoms with Crippen molar-refractivity contribution < 1.29 is 0 Å². The molecule has 12 heavy (non-hydrogen) atoms. The fourth-order valence-corrected chi connectivity index (χ4v) is 1.60. The van der Waals surface area contributed by atoms with Crippen molar-refractivity contribution in [1.82, 2.24) is 4.90 Å². The first kappa shape index (κ1) is 9.03. The summed E-state index contributed by atoms with van der Waals surface area (Å²) in [6.07, 6.45) is 3.64. The quantitative estimate of drug-likeness (QED) is 0.589. The first-order valence-electron chi connectivity index (χ1n) is 4.39. The molecule has 1 heterocycles. The van der Waals surface area contributed by atoms with Gasteiger partial charge < -0.3 is 0 Å². The summed E-state index contributed by atoms with van der Waals surface area (Å²) in [5.41, 5.74) is 0. The van der Waals surface area contributed by atoms with E-state index in [9.17, 15) is 0 Å². The topological polar surface area (TPSA) is 50.8 Å². The van der Waals surface area contributed by atoms with Gasteiger partial charge in [0.2, 0.25) is 0 Å². The molecule has 0 aromatic rings. The van der Waals surface area contributed by atoms with Crippen LogP contribution in [0.5, 0.6) is 0 Å². The highest BCUT2D eigenvalue weighted by molar-refractivity contribution is 4.95. The zero-order valence-corrected chi connectivity index (χ0v) is 7.16. The Balaban J connectivity index is 2.23. The lowest BCUT2D eigenvalue weighted by Gasteiger charge is -2.17. The average molecular weight is 163 g/mol. The van der Waals surface area contributed by atoms with Gasteiger partial charge >= 0.3 is 0 Å². The monoisotopic (exact) mass is 163 g/mol. The van der Waals surface area contributed by atoms with Gasteiger partial charge in [-0.25, -0.2) is 0 Å². The summed E-state index contributed by atoms with van der Waals surface area (Å²) >= 11 is 0. The molecule has 0 aromatic carbocycles. The van der Waals surface area contributed by atoms with Gasteiger partial charge in [0, 0.05) is 13.0 Å². The number of unbranched alkanes of at least 4 members (excludes halogenated alkanes) is 1. The van der Waals surface area contributed by atoms with Crippen LogP contribution in [-0.4, -0.2) is 24.0 Å². The van der Waals surface area contributed by atoms with Gasteiger partial charge in [-0.15, -0.1) is 0 Å². The van der Waals surface area contributed by atoms with Gasteiger partial charge in [0.15, 0.2) is 0 Å². The molecule has 1 atom stereocenters. The molecule has 0 saturated carbocycles. The maximum absolute atomic E-state index is 8.74. The Hall–Kier alpha value is -1.06. The Morgan fingerprint density at radius 3 is 2.92 bits per heavy atom. The van der Waals surface area contributed by atoms with Gasteiger partial charge in [-0.2, -0.15) is 10.5 Å². The van der Waals surface area contributed by atoms with E-state index in [4.69, 9.17) is 10.5 Å². The minimum Gasteiger partial charge on any atom is -0.288 e. The maximum atomic E-state index is 8.74. The van der Waals surface area contributed by atoms with E-state index in [1.54, 1.807) is 0 Å². The van der Waals surface area contributed by atoms with Crippen molar-refractivity contribution in [2.24, 2.45) is 0 Å². The Bertz CT molecular complexity index is 211. The number of hydrogen-bond acceptors (Lipinski definition) is 3. The second-order valence-corrected chi connectivity index (χ2v) is 3.08. The Kier molecular flexibility index (Phi) is 3.57. The predicted octanol–water partition coefficient (Wildman–Crippen LogP) is 1.28. The van der Waals surface area contributed by atoms with Crippen LogP contribution >= 0.6 is 0 Å². The molecule has 1 unspecified atom stereocenters. The fraction of sp³-hybridized carbons (Fsp3) is 0.778. The first-order chi connectivity index (χ1) is 5.88. The van der Waals surface area contributed by atoms with E-state index < -0.39 is 0 Å². The third kappa shape index (κ3) is 2.22. The zero-order chi connectivity index (χ0) is 8.81. The van der Waals surface area contributed by atoms with E-state index in [0.717, 1.165) is 32.4 Å². The van der Waals surface area contributed by atoms with Crippen LogP contribution in [0.2, 0.25) is 0 Å². The molecule has 1 fully saturated rings. The summed E-state index contributed by atoms with van der Waals surface area (Å²) in [5.74, 6) is 0.